The molecular weight excluding hydrogens is 386 g/mol. The molecule has 2 saturated heterocycles. The topological polar surface area (TPSA) is 102 Å². The second kappa shape index (κ2) is 8.35. The number of Topliss-reactive ketones (excluding diaryl/α,β-unsaturated/α-hetero) is 1. The molecule has 1 aliphatic carbocycles. The number of hydrogen-bond donors (Lipinski definition) is 1. The zero-order valence-corrected chi connectivity index (χ0v) is 17.3. The molecule has 3 aliphatic rings. The first kappa shape index (κ1) is 20.8. The molecule has 30 heavy (non-hydrogen) atoms. The van der Waals surface area contributed by atoms with Crippen LogP contribution < -0.4 is 5.73 Å². The third-order valence-electron chi connectivity index (χ3n) is 6.60. The highest BCUT2D eigenvalue weighted by atomic mass is 16.5. The smallest absolute Gasteiger partial charge is 0.227 e. The Balaban J connectivity index is 1.64. The number of carbonyl (C=O) groups excluding carboxylic acids is 3. The van der Waals surface area contributed by atoms with Gasteiger partial charge in [0.1, 0.15) is 0 Å². The number of anilines is 1. The maximum absolute atomic E-state index is 13.5. The van der Waals surface area contributed by atoms with Gasteiger partial charge in [-0.3, -0.25) is 14.4 Å². The summed E-state index contributed by atoms with van der Waals surface area (Å²) in [6.45, 7) is 5.77. The minimum absolute atomic E-state index is 0.141. The number of nitrogen functional groups attached to an aromatic ring is 1. The maximum Gasteiger partial charge on any atom is 0.227 e. The summed E-state index contributed by atoms with van der Waals surface area (Å²) >= 11 is 0. The van der Waals surface area contributed by atoms with Crippen LogP contribution in [0.5, 0.6) is 0 Å². The van der Waals surface area contributed by atoms with Crippen LogP contribution in [-0.4, -0.2) is 80.0 Å². The average Bonchev–Trinajstić information content (AvgIpc) is 3.48. The van der Waals surface area contributed by atoms with Gasteiger partial charge < -0.3 is 25.0 Å². The standard InChI is InChI=1S/C22H29N3O5/c1-22(19(26)15-5-2-3-6-16(15)23)17(20(27)24-7-4-11-29-12-8-24)18(22)21(28)25-9-13-30-14-10-25/h2-3,5-6,17-18H,4,7-14,23H2,1H3/t17-,18+,22+/m1/s1. The summed E-state index contributed by atoms with van der Waals surface area (Å²) in [6, 6.07) is 6.84. The lowest BCUT2D eigenvalue weighted by Gasteiger charge is -2.27. The number of benzene rings is 1. The quantitative estimate of drug-likeness (QED) is 0.577. The molecule has 0 spiro atoms. The Morgan fingerprint density at radius 2 is 1.43 bits per heavy atom. The van der Waals surface area contributed by atoms with Crippen molar-refractivity contribution in [1.29, 1.82) is 0 Å². The van der Waals surface area contributed by atoms with Crippen molar-refractivity contribution >= 4 is 23.3 Å². The third kappa shape index (κ3) is 3.58. The number of hydrogen-bond acceptors (Lipinski definition) is 6. The molecule has 0 aromatic heterocycles. The first-order valence-corrected chi connectivity index (χ1v) is 10.6. The Morgan fingerprint density at radius 1 is 0.900 bits per heavy atom. The summed E-state index contributed by atoms with van der Waals surface area (Å²) < 4.78 is 10.8. The molecule has 2 aliphatic heterocycles. The van der Waals surface area contributed by atoms with E-state index in [0.717, 1.165) is 6.42 Å². The van der Waals surface area contributed by atoms with Crippen LogP contribution in [0.2, 0.25) is 0 Å². The second-order valence-corrected chi connectivity index (χ2v) is 8.38. The van der Waals surface area contributed by atoms with E-state index in [1.807, 2.05) is 0 Å². The monoisotopic (exact) mass is 415 g/mol. The maximum atomic E-state index is 13.5. The van der Waals surface area contributed by atoms with Crippen molar-refractivity contribution in [3.8, 4) is 0 Å². The largest absolute Gasteiger partial charge is 0.398 e. The Hall–Kier alpha value is -2.45. The molecule has 1 aromatic rings. The summed E-state index contributed by atoms with van der Waals surface area (Å²) in [5.74, 6) is -1.89. The SMILES string of the molecule is C[C@@]1(C(=O)c2ccccc2N)[C@H](C(=O)N2CCOCC2)[C@@H]1C(=O)N1CCCOCC1. The Labute approximate surface area is 176 Å². The van der Waals surface area contributed by atoms with Crippen LogP contribution >= 0.6 is 0 Å². The van der Waals surface area contributed by atoms with Gasteiger partial charge in [0.15, 0.2) is 5.78 Å². The van der Waals surface area contributed by atoms with Gasteiger partial charge in [-0.05, 0) is 18.6 Å². The van der Waals surface area contributed by atoms with Crippen molar-refractivity contribution in [2.24, 2.45) is 17.3 Å². The molecule has 2 amide bonds. The summed E-state index contributed by atoms with van der Waals surface area (Å²) in [7, 11) is 0. The van der Waals surface area contributed by atoms with Crippen molar-refractivity contribution in [3.05, 3.63) is 29.8 Å². The number of ketones is 1. The minimum Gasteiger partial charge on any atom is -0.398 e. The van der Waals surface area contributed by atoms with Crippen LogP contribution in [-0.2, 0) is 19.1 Å². The van der Waals surface area contributed by atoms with E-state index >= 15 is 0 Å². The van der Waals surface area contributed by atoms with Crippen LogP contribution in [0.1, 0.15) is 23.7 Å². The average molecular weight is 415 g/mol. The van der Waals surface area contributed by atoms with E-state index in [9.17, 15) is 14.4 Å². The van der Waals surface area contributed by atoms with E-state index < -0.39 is 17.3 Å². The van der Waals surface area contributed by atoms with E-state index in [0.29, 0.717) is 63.9 Å². The van der Waals surface area contributed by atoms with Gasteiger partial charge >= 0.3 is 0 Å². The summed E-state index contributed by atoms with van der Waals surface area (Å²) in [6.07, 6.45) is 0.747. The lowest BCUT2D eigenvalue weighted by molar-refractivity contribution is -0.140. The molecule has 4 rings (SSSR count). The van der Waals surface area contributed by atoms with Gasteiger partial charge in [0.05, 0.1) is 37.1 Å². The second-order valence-electron chi connectivity index (χ2n) is 8.38. The molecule has 2 N–H and O–H groups in total. The third-order valence-corrected chi connectivity index (χ3v) is 6.60. The highest BCUT2D eigenvalue weighted by Gasteiger charge is 2.73. The predicted octanol–water partition coefficient (Wildman–Crippen LogP) is 0.812. The highest BCUT2D eigenvalue weighted by molar-refractivity contribution is 6.14. The molecule has 8 heteroatoms. The summed E-state index contributed by atoms with van der Waals surface area (Å²) in [4.78, 5) is 43.8. The number of morpholine rings is 1. The molecule has 0 bridgehead atoms. The van der Waals surface area contributed by atoms with E-state index in [2.05, 4.69) is 0 Å². The fourth-order valence-electron chi connectivity index (χ4n) is 4.73. The van der Waals surface area contributed by atoms with Crippen LogP contribution in [0.3, 0.4) is 0 Å². The number of nitrogens with zero attached hydrogens (tertiary/aromatic N) is 2. The Kier molecular flexibility index (Phi) is 5.79. The molecule has 0 unspecified atom stereocenters. The predicted molar refractivity (Wildman–Crippen MR) is 110 cm³/mol. The van der Waals surface area contributed by atoms with Gasteiger partial charge in [0.25, 0.3) is 0 Å². The van der Waals surface area contributed by atoms with Gasteiger partial charge in [0, 0.05) is 44.0 Å². The van der Waals surface area contributed by atoms with E-state index in [4.69, 9.17) is 15.2 Å². The normalized spacial score (nSPS) is 29.2. The molecule has 2 heterocycles. The molecule has 1 aromatic carbocycles. The summed E-state index contributed by atoms with van der Waals surface area (Å²) in [5.41, 5.74) is 5.68. The lowest BCUT2D eigenvalue weighted by atomic mass is 9.91. The first-order chi connectivity index (χ1) is 14.5. The van der Waals surface area contributed by atoms with Gasteiger partial charge in [-0.2, -0.15) is 0 Å². The highest BCUT2D eigenvalue weighted by Crippen LogP contribution is 2.62. The zero-order valence-electron chi connectivity index (χ0n) is 17.3. The number of ether oxygens (including phenoxy) is 2. The van der Waals surface area contributed by atoms with Crippen molar-refractivity contribution in [2.75, 3.05) is 58.3 Å². The van der Waals surface area contributed by atoms with Crippen molar-refractivity contribution in [1.82, 2.24) is 9.80 Å². The number of para-hydroxylation sites is 1. The van der Waals surface area contributed by atoms with Crippen molar-refractivity contribution in [2.45, 2.75) is 13.3 Å². The van der Waals surface area contributed by atoms with Crippen molar-refractivity contribution in [3.63, 3.8) is 0 Å². The Morgan fingerprint density at radius 3 is 2.03 bits per heavy atom. The fourth-order valence-corrected chi connectivity index (χ4v) is 4.73. The molecule has 3 atom stereocenters. The molecule has 162 valence electrons. The lowest BCUT2D eigenvalue weighted by Crippen LogP contribution is -2.43. The first-order valence-electron chi connectivity index (χ1n) is 10.6. The van der Waals surface area contributed by atoms with E-state index in [1.54, 1.807) is 41.0 Å². The van der Waals surface area contributed by atoms with Gasteiger partial charge in [0.2, 0.25) is 11.8 Å². The van der Waals surface area contributed by atoms with Gasteiger partial charge in [-0.25, -0.2) is 0 Å². The molecule has 3 fully saturated rings. The van der Waals surface area contributed by atoms with Crippen molar-refractivity contribution < 1.29 is 23.9 Å². The van der Waals surface area contributed by atoms with E-state index in [-0.39, 0.29) is 17.6 Å². The van der Waals surface area contributed by atoms with Crippen LogP contribution in [0.25, 0.3) is 0 Å². The number of carbonyl (C=O) groups is 3. The van der Waals surface area contributed by atoms with E-state index in [1.165, 1.54) is 0 Å². The fraction of sp³-hybridized carbons (Fsp3) is 0.591. The number of amides is 2. The molecule has 8 nitrogen and oxygen atoms in total. The number of nitrogens with two attached hydrogens (primary N) is 1. The zero-order chi connectivity index (χ0) is 21.3. The van der Waals surface area contributed by atoms with Crippen LogP contribution in [0.4, 0.5) is 5.69 Å². The summed E-state index contributed by atoms with van der Waals surface area (Å²) in [5, 5.41) is 0. The van der Waals surface area contributed by atoms with Gasteiger partial charge in [-0.15, -0.1) is 0 Å². The molecule has 1 saturated carbocycles. The Bertz CT molecular complexity index is 830. The molecule has 0 radical (unpaired) electrons. The number of rotatable bonds is 4. The van der Waals surface area contributed by atoms with Crippen LogP contribution in [0, 0.1) is 17.3 Å². The minimum atomic E-state index is -1.10. The van der Waals surface area contributed by atoms with Gasteiger partial charge in [-0.1, -0.05) is 19.1 Å². The van der Waals surface area contributed by atoms with Crippen LogP contribution in [0.15, 0.2) is 24.3 Å². The molecular formula is C22H29N3O5.